The Morgan fingerprint density at radius 2 is 1.94 bits per heavy atom. The number of nitrogens with zero attached hydrogens (tertiary/aromatic N) is 2. The van der Waals surface area contributed by atoms with Gasteiger partial charge in [0.15, 0.2) is 0 Å². The molecular weight excluding hydrogens is 458 g/mol. The number of fused-ring (bicyclic) bond motifs is 1. The van der Waals surface area contributed by atoms with Gasteiger partial charge in [0.25, 0.3) is 0 Å². The number of anilines is 1. The van der Waals surface area contributed by atoms with Gasteiger partial charge in [-0.3, -0.25) is 0 Å². The van der Waals surface area contributed by atoms with E-state index in [1.165, 1.54) is 0 Å². The number of ether oxygens (including phenoxy) is 2. The van der Waals surface area contributed by atoms with Gasteiger partial charge in [0, 0.05) is 17.3 Å². The van der Waals surface area contributed by atoms with Crippen LogP contribution in [0.5, 0.6) is 0 Å². The summed E-state index contributed by atoms with van der Waals surface area (Å²) in [7, 11) is 0. The van der Waals surface area contributed by atoms with Crippen molar-refractivity contribution in [3.05, 3.63) is 41.2 Å². The van der Waals surface area contributed by atoms with Gasteiger partial charge in [-0.25, -0.2) is 19.6 Å². The molecular formula is C27H33N5O4. The van der Waals surface area contributed by atoms with Gasteiger partial charge in [0.05, 0.1) is 34.6 Å². The number of hydrogen-bond donors (Lipinski definition) is 3. The van der Waals surface area contributed by atoms with Crippen LogP contribution in [0.25, 0.3) is 22.3 Å². The Labute approximate surface area is 210 Å². The molecule has 0 bridgehead atoms. The molecule has 2 aromatic heterocycles. The van der Waals surface area contributed by atoms with Crippen molar-refractivity contribution >= 4 is 28.9 Å². The zero-order valence-electron chi connectivity index (χ0n) is 21.4. The van der Waals surface area contributed by atoms with E-state index >= 15 is 0 Å². The summed E-state index contributed by atoms with van der Waals surface area (Å²) >= 11 is 0. The molecule has 3 aromatic rings. The lowest BCUT2D eigenvalue weighted by Crippen LogP contribution is -2.40. The number of aromatic amines is 1. The number of amides is 1. The van der Waals surface area contributed by atoms with E-state index in [4.69, 9.17) is 19.4 Å². The monoisotopic (exact) mass is 491 g/mol. The molecule has 0 aliphatic heterocycles. The Kier molecular flexibility index (Phi) is 5.89. The van der Waals surface area contributed by atoms with E-state index in [0.29, 0.717) is 35.8 Å². The number of H-pyrrole nitrogens is 1. The summed E-state index contributed by atoms with van der Waals surface area (Å²) in [6.07, 6.45) is 3.12. The highest BCUT2D eigenvalue weighted by atomic mass is 16.6. The highest BCUT2D eigenvalue weighted by Crippen LogP contribution is 2.48. The third kappa shape index (κ3) is 4.87. The molecule has 1 aromatic carbocycles. The van der Waals surface area contributed by atoms with Crippen LogP contribution in [0.3, 0.4) is 0 Å². The van der Waals surface area contributed by atoms with Gasteiger partial charge in [0.2, 0.25) is 0 Å². The second kappa shape index (κ2) is 8.80. The van der Waals surface area contributed by atoms with Gasteiger partial charge in [0.1, 0.15) is 16.9 Å². The summed E-state index contributed by atoms with van der Waals surface area (Å²) in [6, 6.07) is 8.05. The van der Waals surface area contributed by atoms with Crippen molar-refractivity contribution in [3.63, 3.8) is 0 Å². The number of esters is 1. The molecule has 190 valence electrons. The summed E-state index contributed by atoms with van der Waals surface area (Å²) in [5.41, 5.74) is 3.57. The predicted octanol–water partition coefficient (Wildman–Crippen LogP) is 5.20. The highest BCUT2D eigenvalue weighted by molar-refractivity contribution is 5.97. The first-order valence-corrected chi connectivity index (χ1v) is 12.5. The fourth-order valence-corrected chi connectivity index (χ4v) is 4.35. The first-order valence-electron chi connectivity index (χ1n) is 12.5. The van der Waals surface area contributed by atoms with Crippen LogP contribution in [0.2, 0.25) is 0 Å². The standard InChI is InChI=1S/C27H33N5O4/c1-6-35-24(33)18-14-20(30-22(18)27(12-13-27)32-25(34)36-26(3,4)5)17-8-7-9-19-21(17)31-23(15(2)28-19)29-16-10-11-16/h7-9,14,16,30H,6,10-13H2,1-5H3,(H,29,31)(H,32,34). The zero-order valence-corrected chi connectivity index (χ0v) is 21.4. The highest BCUT2D eigenvalue weighted by Gasteiger charge is 2.50. The van der Waals surface area contributed by atoms with Gasteiger partial charge < -0.3 is 25.1 Å². The van der Waals surface area contributed by atoms with Gasteiger partial charge in [-0.05, 0) is 72.4 Å². The Bertz CT molecular complexity index is 1330. The minimum Gasteiger partial charge on any atom is -0.462 e. The molecule has 36 heavy (non-hydrogen) atoms. The number of nitrogens with one attached hydrogen (secondary N) is 3. The van der Waals surface area contributed by atoms with Crippen LogP contribution >= 0.6 is 0 Å². The fraction of sp³-hybridized carbons (Fsp3) is 0.481. The molecule has 9 nitrogen and oxygen atoms in total. The molecule has 0 spiro atoms. The second-order valence-corrected chi connectivity index (χ2v) is 10.7. The topological polar surface area (TPSA) is 118 Å². The molecule has 2 aliphatic rings. The number of benzene rings is 1. The lowest BCUT2D eigenvalue weighted by molar-refractivity contribution is 0.0478. The van der Waals surface area contributed by atoms with Crippen molar-refractivity contribution in [1.29, 1.82) is 0 Å². The van der Waals surface area contributed by atoms with Gasteiger partial charge in [-0.1, -0.05) is 12.1 Å². The maximum atomic E-state index is 13.0. The third-order valence-electron chi connectivity index (χ3n) is 6.36. The molecule has 2 heterocycles. The van der Waals surface area contributed by atoms with Gasteiger partial charge >= 0.3 is 12.1 Å². The molecule has 0 saturated heterocycles. The van der Waals surface area contributed by atoms with Crippen LogP contribution in [0.4, 0.5) is 10.6 Å². The number of carbonyl (C=O) groups is 2. The van der Waals surface area contributed by atoms with Crippen LogP contribution in [-0.2, 0) is 15.0 Å². The quantitative estimate of drug-likeness (QED) is 0.389. The third-order valence-corrected chi connectivity index (χ3v) is 6.36. The summed E-state index contributed by atoms with van der Waals surface area (Å²) in [4.78, 5) is 38.7. The number of rotatable bonds is 7. The summed E-state index contributed by atoms with van der Waals surface area (Å²) < 4.78 is 10.8. The average molecular weight is 492 g/mol. The smallest absolute Gasteiger partial charge is 0.408 e. The maximum Gasteiger partial charge on any atom is 0.408 e. The number of para-hydroxylation sites is 1. The van der Waals surface area contributed by atoms with E-state index in [-0.39, 0.29) is 6.61 Å². The Hall–Kier alpha value is -3.62. The van der Waals surface area contributed by atoms with Crippen molar-refractivity contribution in [1.82, 2.24) is 20.3 Å². The van der Waals surface area contributed by atoms with Crippen molar-refractivity contribution < 1.29 is 19.1 Å². The van der Waals surface area contributed by atoms with Crippen molar-refractivity contribution in [2.45, 2.75) is 77.5 Å². The first kappa shape index (κ1) is 24.1. The van der Waals surface area contributed by atoms with Crippen molar-refractivity contribution in [2.75, 3.05) is 11.9 Å². The lowest BCUT2D eigenvalue weighted by atomic mass is 10.1. The molecule has 2 fully saturated rings. The predicted molar refractivity (Wildman–Crippen MR) is 137 cm³/mol. The Balaban J connectivity index is 1.57. The van der Waals surface area contributed by atoms with Crippen LogP contribution in [-0.4, -0.2) is 45.3 Å². The molecule has 0 radical (unpaired) electrons. The molecule has 3 N–H and O–H groups in total. The molecule has 1 amide bonds. The van der Waals surface area contributed by atoms with Crippen molar-refractivity contribution in [2.24, 2.45) is 0 Å². The molecule has 0 atom stereocenters. The minimum absolute atomic E-state index is 0.250. The van der Waals surface area contributed by atoms with Gasteiger partial charge in [-0.2, -0.15) is 0 Å². The number of hydrogen-bond acceptors (Lipinski definition) is 7. The summed E-state index contributed by atoms with van der Waals surface area (Å²) in [5, 5.41) is 6.45. The van der Waals surface area contributed by atoms with Crippen LogP contribution < -0.4 is 10.6 Å². The lowest BCUT2D eigenvalue weighted by Gasteiger charge is -2.23. The zero-order chi connectivity index (χ0) is 25.7. The maximum absolute atomic E-state index is 13.0. The first-order chi connectivity index (χ1) is 17.1. The SMILES string of the molecule is CCOC(=O)c1cc(-c2cccc3nc(C)c(NC4CC4)nc23)[nH]c1C1(NC(=O)OC(C)(C)C)CC1. The second-order valence-electron chi connectivity index (χ2n) is 10.7. The Morgan fingerprint density at radius 3 is 2.58 bits per heavy atom. The molecule has 5 rings (SSSR count). The molecule has 2 aliphatic carbocycles. The van der Waals surface area contributed by atoms with Crippen LogP contribution in [0.15, 0.2) is 24.3 Å². The van der Waals surface area contributed by atoms with Crippen molar-refractivity contribution in [3.8, 4) is 11.3 Å². The number of carbonyl (C=O) groups excluding carboxylic acids is 2. The normalized spacial score (nSPS) is 16.5. The van der Waals surface area contributed by atoms with E-state index in [0.717, 1.165) is 41.0 Å². The number of aryl methyl sites for hydroxylation is 1. The Morgan fingerprint density at radius 1 is 1.19 bits per heavy atom. The average Bonchev–Trinajstić information content (AvgIpc) is 3.72. The molecule has 9 heteroatoms. The fourth-order valence-electron chi connectivity index (χ4n) is 4.35. The van der Waals surface area contributed by atoms with Gasteiger partial charge in [-0.15, -0.1) is 0 Å². The van der Waals surface area contributed by atoms with E-state index in [1.54, 1.807) is 13.0 Å². The van der Waals surface area contributed by atoms with E-state index in [2.05, 4.69) is 15.6 Å². The minimum atomic E-state index is -0.714. The molecule has 0 unspecified atom stereocenters. The number of aromatic nitrogens is 3. The van der Waals surface area contributed by atoms with E-state index in [1.807, 2.05) is 45.9 Å². The largest absolute Gasteiger partial charge is 0.462 e. The van der Waals surface area contributed by atoms with E-state index < -0.39 is 23.2 Å². The van der Waals surface area contributed by atoms with Crippen LogP contribution in [0, 0.1) is 6.92 Å². The number of alkyl carbamates (subject to hydrolysis) is 1. The molecule has 2 saturated carbocycles. The summed E-state index contributed by atoms with van der Waals surface area (Å²) in [5.74, 6) is 0.339. The summed E-state index contributed by atoms with van der Waals surface area (Å²) in [6.45, 7) is 9.43. The van der Waals surface area contributed by atoms with E-state index in [9.17, 15) is 9.59 Å². The van der Waals surface area contributed by atoms with Crippen LogP contribution in [0.1, 0.15) is 75.1 Å².